The van der Waals surface area contributed by atoms with E-state index in [2.05, 4.69) is 10.1 Å². The van der Waals surface area contributed by atoms with Crippen LogP contribution in [0.3, 0.4) is 0 Å². The van der Waals surface area contributed by atoms with Gasteiger partial charge in [0.1, 0.15) is 5.82 Å². The summed E-state index contributed by atoms with van der Waals surface area (Å²) in [6.45, 7) is 1.75. The summed E-state index contributed by atoms with van der Waals surface area (Å²) in [5.41, 5.74) is -0.249. The highest BCUT2D eigenvalue weighted by Gasteiger charge is 2.34. The lowest BCUT2D eigenvalue weighted by Gasteiger charge is -2.12. The largest absolute Gasteiger partial charge is 0.476 e. The van der Waals surface area contributed by atoms with E-state index in [0.29, 0.717) is 17.7 Å². The average Bonchev–Trinajstić information content (AvgIpc) is 2.99. The molecule has 0 unspecified atom stereocenters. The number of pyridine rings is 1. The molecule has 3 aromatic rings. The van der Waals surface area contributed by atoms with Crippen LogP contribution in [-0.2, 0) is 6.18 Å². The van der Waals surface area contributed by atoms with Crippen LogP contribution in [0.1, 0.15) is 21.6 Å². The minimum atomic E-state index is -4.83. The lowest BCUT2D eigenvalue weighted by molar-refractivity contribution is -0.140. The molecule has 2 heterocycles. The standard InChI is InChI=1S/C17H11F4N3O2/c1-9-4-5-22-8-11(9)15-7-14(16(25)26)23-24(15)10-2-3-12(13(18)6-10)17(19,20)21/h2-8H,1H3,(H,25,26). The molecule has 134 valence electrons. The van der Waals surface area contributed by atoms with Crippen LogP contribution in [0.2, 0.25) is 0 Å². The number of benzene rings is 1. The van der Waals surface area contributed by atoms with Gasteiger partial charge in [-0.3, -0.25) is 4.98 Å². The molecule has 0 bridgehead atoms. The number of halogens is 4. The Morgan fingerprint density at radius 2 is 1.92 bits per heavy atom. The van der Waals surface area contributed by atoms with Crippen molar-refractivity contribution in [3.8, 4) is 16.9 Å². The van der Waals surface area contributed by atoms with Gasteiger partial charge in [-0.05, 0) is 36.8 Å². The first-order valence-corrected chi connectivity index (χ1v) is 7.30. The summed E-state index contributed by atoms with van der Waals surface area (Å²) in [5.74, 6) is -2.80. The lowest BCUT2D eigenvalue weighted by Crippen LogP contribution is -2.10. The summed E-state index contributed by atoms with van der Waals surface area (Å²) in [7, 11) is 0. The van der Waals surface area contributed by atoms with Crippen LogP contribution in [-0.4, -0.2) is 25.8 Å². The van der Waals surface area contributed by atoms with Crippen molar-refractivity contribution in [3.05, 3.63) is 65.4 Å². The number of rotatable bonds is 3. The first kappa shape index (κ1) is 17.6. The van der Waals surface area contributed by atoms with E-state index >= 15 is 0 Å². The first-order chi connectivity index (χ1) is 12.2. The van der Waals surface area contributed by atoms with Gasteiger partial charge in [0.2, 0.25) is 0 Å². The molecular formula is C17H11F4N3O2. The van der Waals surface area contributed by atoms with Crippen LogP contribution in [0.4, 0.5) is 17.6 Å². The summed E-state index contributed by atoms with van der Waals surface area (Å²) in [6.07, 6.45) is -1.83. The van der Waals surface area contributed by atoms with E-state index in [1.807, 2.05) is 0 Å². The van der Waals surface area contributed by atoms with E-state index < -0.39 is 23.5 Å². The minimum Gasteiger partial charge on any atom is -0.476 e. The first-order valence-electron chi connectivity index (χ1n) is 7.30. The second kappa shape index (κ2) is 6.25. The summed E-state index contributed by atoms with van der Waals surface area (Å²) in [5, 5.41) is 13.0. The maximum atomic E-state index is 13.9. The van der Waals surface area contributed by atoms with E-state index in [9.17, 15) is 27.5 Å². The topological polar surface area (TPSA) is 68.0 Å². The highest BCUT2D eigenvalue weighted by atomic mass is 19.4. The molecular weight excluding hydrogens is 354 g/mol. The van der Waals surface area contributed by atoms with E-state index in [0.717, 1.165) is 16.3 Å². The van der Waals surface area contributed by atoms with Crippen molar-refractivity contribution in [2.24, 2.45) is 0 Å². The number of aryl methyl sites for hydroxylation is 1. The molecule has 0 saturated carbocycles. The molecule has 9 heteroatoms. The number of carbonyl (C=O) groups is 1. The molecule has 0 aliphatic rings. The third-order valence-electron chi connectivity index (χ3n) is 3.75. The van der Waals surface area contributed by atoms with Gasteiger partial charge in [-0.2, -0.15) is 18.3 Å². The van der Waals surface area contributed by atoms with E-state index in [1.54, 1.807) is 13.0 Å². The Morgan fingerprint density at radius 3 is 2.50 bits per heavy atom. The molecule has 5 nitrogen and oxygen atoms in total. The van der Waals surface area contributed by atoms with Crippen molar-refractivity contribution < 1.29 is 27.5 Å². The third kappa shape index (κ3) is 3.15. The van der Waals surface area contributed by atoms with Gasteiger partial charge in [0.25, 0.3) is 0 Å². The fraction of sp³-hybridized carbons (Fsp3) is 0.118. The Labute approximate surface area is 144 Å². The maximum Gasteiger partial charge on any atom is 0.419 e. The van der Waals surface area contributed by atoms with E-state index in [4.69, 9.17) is 0 Å². The predicted molar refractivity (Wildman–Crippen MR) is 83.5 cm³/mol. The van der Waals surface area contributed by atoms with Gasteiger partial charge in [-0.1, -0.05) is 0 Å². The Hall–Kier alpha value is -3.23. The van der Waals surface area contributed by atoms with Crippen LogP contribution >= 0.6 is 0 Å². The van der Waals surface area contributed by atoms with Gasteiger partial charge in [0.05, 0.1) is 16.9 Å². The number of aromatic nitrogens is 3. The zero-order chi connectivity index (χ0) is 19.1. The van der Waals surface area contributed by atoms with E-state index in [-0.39, 0.29) is 17.1 Å². The molecule has 2 aromatic heterocycles. The highest BCUT2D eigenvalue weighted by molar-refractivity contribution is 5.87. The number of nitrogens with zero attached hydrogens (tertiary/aromatic N) is 3. The van der Waals surface area contributed by atoms with Gasteiger partial charge in [-0.25, -0.2) is 13.9 Å². The molecule has 0 radical (unpaired) electrons. The van der Waals surface area contributed by atoms with Crippen LogP contribution in [0.15, 0.2) is 42.7 Å². The Kier molecular flexibility index (Phi) is 4.23. The number of carboxylic acids is 1. The molecule has 0 spiro atoms. The number of hydrogen-bond donors (Lipinski definition) is 1. The molecule has 0 amide bonds. The van der Waals surface area contributed by atoms with Gasteiger partial charge in [-0.15, -0.1) is 0 Å². The molecule has 26 heavy (non-hydrogen) atoms. The van der Waals surface area contributed by atoms with Crippen LogP contribution in [0.25, 0.3) is 16.9 Å². The van der Waals surface area contributed by atoms with Crippen molar-refractivity contribution in [1.82, 2.24) is 14.8 Å². The Morgan fingerprint density at radius 1 is 1.19 bits per heavy atom. The summed E-state index contributed by atoms with van der Waals surface area (Å²) >= 11 is 0. The van der Waals surface area contributed by atoms with Crippen molar-refractivity contribution in [2.75, 3.05) is 0 Å². The normalized spacial score (nSPS) is 11.6. The fourth-order valence-corrected chi connectivity index (χ4v) is 2.47. The third-order valence-corrected chi connectivity index (χ3v) is 3.75. The van der Waals surface area contributed by atoms with Gasteiger partial charge >= 0.3 is 12.1 Å². The molecule has 0 saturated heterocycles. The highest BCUT2D eigenvalue weighted by Crippen LogP contribution is 2.33. The molecule has 0 aliphatic heterocycles. The van der Waals surface area contributed by atoms with Gasteiger partial charge in [0, 0.05) is 24.0 Å². The minimum absolute atomic E-state index is 0.0405. The quantitative estimate of drug-likeness (QED) is 0.710. The molecule has 0 fully saturated rings. The smallest absolute Gasteiger partial charge is 0.419 e. The maximum absolute atomic E-state index is 13.9. The zero-order valence-corrected chi connectivity index (χ0v) is 13.3. The molecule has 1 aromatic carbocycles. The number of carboxylic acid groups (broad SMARTS) is 1. The van der Waals surface area contributed by atoms with Gasteiger partial charge < -0.3 is 5.11 Å². The Bertz CT molecular complexity index is 996. The summed E-state index contributed by atoms with van der Waals surface area (Å²) < 4.78 is 53.2. The van der Waals surface area contributed by atoms with Crippen molar-refractivity contribution in [3.63, 3.8) is 0 Å². The second-order valence-electron chi connectivity index (χ2n) is 5.48. The SMILES string of the molecule is Cc1ccncc1-c1cc(C(=O)O)nn1-c1ccc(C(F)(F)F)c(F)c1. The molecule has 1 N–H and O–H groups in total. The molecule has 3 rings (SSSR count). The average molecular weight is 365 g/mol. The van der Waals surface area contributed by atoms with Crippen molar-refractivity contribution >= 4 is 5.97 Å². The second-order valence-corrected chi connectivity index (χ2v) is 5.48. The van der Waals surface area contributed by atoms with Crippen LogP contribution in [0, 0.1) is 12.7 Å². The number of alkyl halides is 3. The van der Waals surface area contributed by atoms with E-state index in [1.165, 1.54) is 18.5 Å². The summed E-state index contributed by atoms with van der Waals surface area (Å²) in [4.78, 5) is 15.2. The fourth-order valence-electron chi connectivity index (χ4n) is 2.47. The summed E-state index contributed by atoms with van der Waals surface area (Å²) in [6, 6.07) is 5.21. The lowest BCUT2D eigenvalue weighted by atomic mass is 10.1. The molecule has 0 aliphatic carbocycles. The Balaban J connectivity index is 2.21. The predicted octanol–water partition coefficient (Wildman–Crippen LogP) is 4.10. The zero-order valence-electron chi connectivity index (χ0n) is 13.3. The van der Waals surface area contributed by atoms with Crippen LogP contribution in [0.5, 0.6) is 0 Å². The van der Waals surface area contributed by atoms with Crippen molar-refractivity contribution in [2.45, 2.75) is 13.1 Å². The van der Waals surface area contributed by atoms with Crippen molar-refractivity contribution in [1.29, 1.82) is 0 Å². The number of aromatic carboxylic acids is 1. The monoisotopic (exact) mass is 365 g/mol. The van der Waals surface area contributed by atoms with Gasteiger partial charge in [0.15, 0.2) is 5.69 Å². The number of hydrogen-bond acceptors (Lipinski definition) is 3. The van der Waals surface area contributed by atoms with Crippen LogP contribution < -0.4 is 0 Å². The molecule has 0 atom stereocenters.